The van der Waals surface area contributed by atoms with Crippen molar-refractivity contribution in [2.75, 3.05) is 20.1 Å². The third kappa shape index (κ3) is 3.33. The molecule has 2 aliphatic heterocycles. The zero-order chi connectivity index (χ0) is 17.2. The molecule has 1 aromatic heterocycles. The molecule has 5 heteroatoms. The molecule has 3 heterocycles. The minimum atomic E-state index is 0.273. The van der Waals surface area contributed by atoms with Crippen LogP contribution in [0.5, 0.6) is 0 Å². The van der Waals surface area contributed by atoms with Gasteiger partial charge in [-0.2, -0.15) is 5.10 Å². The van der Waals surface area contributed by atoms with Gasteiger partial charge in [0.2, 0.25) is 5.91 Å². The van der Waals surface area contributed by atoms with Crippen LogP contribution in [-0.2, 0) is 11.2 Å². The zero-order valence-corrected chi connectivity index (χ0v) is 14.8. The van der Waals surface area contributed by atoms with E-state index in [4.69, 9.17) is 0 Å². The van der Waals surface area contributed by atoms with Gasteiger partial charge >= 0.3 is 0 Å². The molecule has 2 saturated heterocycles. The number of carbonyl (C=O) groups is 1. The molecule has 1 amide bonds. The number of amides is 1. The van der Waals surface area contributed by atoms with Crippen LogP contribution in [0.2, 0.25) is 0 Å². The van der Waals surface area contributed by atoms with E-state index in [-0.39, 0.29) is 5.91 Å². The average Bonchev–Trinajstić information content (AvgIpc) is 3.36. The van der Waals surface area contributed by atoms with Gasteiger partial charge in [0.15, 0.2) is 0 Å². The summed E-state index contributed by atoms with van der Waals surface area (Å²) < 4.78 is 1.83. The van der Waals surface area contributed by atoms with E-state index < -0.39 is 0 Å². The molecule has 4 rings (SSSR count). The van der Waals surface area contributed by atoms with Crippen LogP contribution in [0.1, 0.15) is 31.2 Å². The van der Waals surface area contributed by atoms with Gasteiger partial charge in [-0.15, -0.1) is 0 Å². The van der Waals surface area contributed by atoms with Crippen LogP contribution in [0.15, 0.2) is 42.7 Å². The van der Waals surface area contributed by atoms with E-state index in [1.165, 1.54) is 12.8 Å². The number of benzene rings is 1. The van der Waals surface area contributed by atoms with E-state index in [2.05, 4.69) is 21.9 Å². The first-order valence-corrected chi connectivity index (χ1v) is 9.31. The highest BCUT2D eigenvalue weighted by molar-refractivity contribution is 5.79. The molecule has 25 heavy (non-hydrogen) atoms. The summed E-state index contributed by atoms with van der Waals surface area (Å²) in [5.41, 5.74) is 2.10. The molecule has 2 atom stereocenters. The van der Waals surface area contributed by atoms with Crippen LogP contribution in [-0.4, -0.2) is 57.7 Å². The summed E-state index contributed by atoms with van der Waals surface area (Å²) in [6, 6.07) is 11.0. The normalized spacial score (nSPS) is 24.1. The van der Waals surface area contributed by atoms with Crippen molar-refractivity contribution >= 4 is 5.91 Å². The summed E-state index contributed by atoms with van der Waals surface area (Å²) in [6.07, 6.45) is 8.96. The number of rotatable bonds is 4. The summed E-state index contributed by atoms with van der Waals surface area (Å²) in [4.78, 5) is 17.5. The van der Waals surface area contributed by atoms with E-state index in [1.807, 2.05) is 41.2 Å². The van der Waals surface area contributed by atoms with Crippen LogP contribution < -0.4 is 0 Å². The van der Waals surface area contributed by atoms with Gasteiger partial charge in [0.25, 0.3) is 0 Å². The fourth-order valence-electron chi connectivity index (χ4n) is 4.39. The Morgan fingerprint density at radius 3 is 2.56 bits per heavy atom. The molecule has 2 aliphatic rings. The van der Waals surface area contributed by atoms with Gasteiger partial charge in [-0.3, -0.25) is 4.79 Å². The lowest BCUT2D eigenvalue weighted by Crippen LogP contribution is -2.47. The van der Waals surface area contributed by atoms with Crippen LogP contribution in [0.3, 0.4) is 0 Å². The third-order valence-corrected chi connectivity index (χ3v) is 5.70. The second kappa shape index (κ2) is 7.00. The Labute approximate surface area is 149 Å². The minimum Gasteiger partial charge on any atom is -0.338 e. The van der Waals surface area contributed by atoms with E-state index in [0.29, 0.717) is 18.5 Å². The first-order chi connectivity index (χ1) is 12.2. The first-order valence-electron chi connectivity index (χ1n) is 9.31. The van der Waals surface area contributed by atoms with Gasteiger partial charge < -0.3 is 9.80 Å². The Morgan fingerprint density at radius 2 is 1.88 bits per heavy atom. The highest BCUT2D eigenvalue weighted by Crippen LogP contribution is 2.29. The Balaban J connectivity index is 1.42. The average molecular weight is 338 g/mol. The fraction of sp³-hybridized carbons (Fsp3) is 0.500. The fourth-order valence-corrected chi connectivity index (χ4v) is 4.39. The molecular weight excluding hydrogens is 312 g/mol. The van der Waals surface area contributed by atoms with Crippen LogP contribution >= 0.6 is 0 Å². The Hall–Kier alpha value is -2.14. The standard InChI is InChI=1S/C20H26N4O/c1-22-12-2-5-18(22)19-6-3-13-23(19)20(25)15-16-7-9-17(10-8-16)24-14-4-11-21-24/h4,7-11,14,18-19H,2-3,5-6,12-13,15H2,1H3/t18-,19-/m1/s1. The lowest BCUT2D eigenvalue weighted by atomic mass is 10.0. The smallest absolute Gasteiger partial charge is 0.227 e. The van der Waals surface area contributed by atoms with Gasteiger partial charge in [-0.1, -0.05) is 12.1 Å². The van der Waals surface area contributed by atoms with Crippen LogP contribution in [0, 0.1) is 0 Å². The Morgan fingerprint density at radius 1 is 1.12 bits per heavy atom. The molecule has 2 fully saturated rings. The van der Waals surface area contributed by atoms with E-state index in [0.717, 1.165) is 37.2 Å². The van der Waals surface area contributed by atoms with Gasteiger partial charge in [0.1, 0.15) is 0 Å². The number of aromatic nitrogens is 2. The SMILES string of the molecule is CN1CCC[C@@H]1[C@H]1CCCN1C(=O)Cc1ccc(-n2cccn2)cc1. The van der Waals surface area contributed by atoms with Crippen molar-refractivity contribution in [3.8, 4) is 5.69 Å². The molecule has 0 spiro atoms. The maximum absolute atomic E-state index is 12.9. The van der Waals surface area contributed by atoms with Crippen LogP contribution in [0.4, 0.5) is 0 Å². The quantitative estimate of drug-likeness (QED) is 0.860. The molecule has 0 bridgehead atoms. The number of nitrogens with zero attached hydrogens (tertiary/aromatic N) is 4. The highest BCUT2D eigenvalue weighted by Gasteiger charge is 2.38. The molecular formula is C20H26N4O. The van der Waals surface area contributed by atoms with Crippen LogP contribution in [0.25, 0.3) is 5.69 Å². The monoisotopic (exact) mass is 338 g/mol. The van der Waals surface area contributed by atoms with Crippen molar-refractivity contribution in [2.45, 2.75) is 44.2 Å². The molecule has 2 aromatic rings. The summed E-state index contributed by atoms with van der Waals surface area (Å²) in [5.74, 6) is 0.273. The van der Waals surface area contributed by atoms with Crippen molar-refractivity contribution in [3.63, 3.8) is 0 Å². The largest absolute Gasteiger partial charge is 0.338 e. The van der Waals surface area contributed by atoms with E-state index >= 15 is 0 Å². The third-order valence-electron chi connectivity index (χ3n) is 5.70. The molecule has 0 aliphatic carbocycles. The summed E-state index contributed by atoms with van der Waals surface area (Å²) >= 11 is 0. The molecule has 1 aromatic carbocycles. The predicted octanol–water partition coefficient (Wildman–Crippen LogP) is 2.50. The second-order valence-corrected chi connectivity index (χ2v) is 7.28. The molecule has 5 nitrogen and oxygen atoms in total. The van der Waals surface area contributed by atoms with E-state index in [9.17, 15) is 4.79 Å². The molecule has 0 N–H and O–H groups in total. The van der Waals surface area contributed by atoms with Crippen molar-refractivity contribution in [1.29, 1.82) is 0 Å². The zero-order valence-electron chi connectivity index (χ0n) is 14.8. The number of hydrogen-bond donors (Lipinski definition) is 0. The van der Waals surface area contributed by atoms with Crippen molar-refractivity contribution in [1.82, 2.24) is 19.6 Å². The van der Waals surface area contributed by atoms with Gasteiger partial charge in [0.05, 0.1) is 12.1 Å². The molecule has 0 radical (unpaired) electrons. The Kier molecular flexibility index (Phi) is 4.57. The maximum atomic E-state index is 12.9. The van der Waals surface area contributed by atoms with Gasteiger partial charge in [-0.05, 0) is 63.0 Å². The van der Waals surface area contributed by atoms with Crippen molar-refractivity contribution in [3.05, 3.63) is 48.3 Å². The van der Waals surface area contributed by atoms with Crippen molar-refractivity contribution in [2.24, 2.45) is 0 Å². The molecule has 0 saturated carbocycles. The molecule has 132 valence electrons. The maximum Gasteiger partial charge on any atom is 0.227 e. The topological polar surface area (TPSA) is 41.4 Å². The summed E-state index contributed by atoms with van der Waals surface area (Å²) in [7, 11) is 2.20. The number of hydrogen-bond acceptors (Lipinski definition) is 3. The summed E-state index contributed by atoms with van der Waals surface area (Å²) in [6.45, 7) is 2.08. The van der Waals surface area contributed by atoms with Gasteiger partial charge in [0, 0.05) is 31.0 Å². The lowest BCUT2D eigenvalue weighted by molar-refractivity contribution is -0.132. The molecule has 0 unspecified atom stereocenters. The number of likely N-dealkylation sites (tertiary alicyclic amines) is 2. The lowest BCUT2D eigenvalue weighted by Gasteiger charge is -2.33. The summed E-state index contributed by atoms with van der Waals surface area (Å²) in [5, 5.41) is 4.24. The predicted molar refractivity (Wildman–Crippen MR) is 97.7 cm³/mol. The van der Waals surface area contributed by atoms with Crippen molar-refractivity contribution < 1.29 is 4.79 Å². The number of carbonyl (C=O) groups excluding carboxylic acids is 1. The van der Waals surface area contributed by atoms with E-state index in [1.54, 1.807) is 6.20 Å². The number of likely N-dealkylation sites (N-methyl/N-ethyl adjacent to an activating group) is 1. The second-order valence-electron chi connectivity index (χ2n) is 7.28. The van der Waals surface area contributed by atoms with Gasteiger partial charge in [-0.25, -0.2) is 4.68 Å². The Bertz CT molecular complexity index is 710. The highest BCUT2D eigenvalue weighted by atomic mass is 16.2. The first kappa shape index (κ1) is 16.3. The minimum absolute atomic E-state index is 0.273.